The zero-order chi connectivity index (χ0) is 16.1. The average Bonchev–Trinajstić information content (AvgIpc) is 2.17. The van der Waals surface area contributed by atoms with Gasteiger partial charge >= 0.3 is 0 Å². The van der Waals surface area contributed by atoms with Gasteiger partial charge in [-0.05, 0) is 38.5 Å². The van der Waals surface area contributed by atoms with Crippen LogP contribution in [0.5, 0.6) is 0 Å². The van der Waals surface area contributed by atoms with Crippen LogP contribution in [0, 0.1) is 10.8 Å². The van der Waals surface area contributed by atoms with Crippen LogP contribution >= 0.6 is 21.6 Å². The monoisotopic (exact) mass is 322 g/mol. The summed E-state index contributed by atoms with van der Waals surface area (Å²) in [5.74, 6) is 0. The van der Waals surface area contributed by atoms with Crippen molar-refractivity contribution in [2.24, 2.45) is 10.8 Å². The highest BCUT2D eigenvalue weighted by Crippen LogP contribution is 2.45. The van der Waals surface area contributed by atoms with Crippen molar-refractivity contribution in [1.82, 2.24) is 0 Å². The summed E-state index contributed by atoms with van der Waals surface area (Å²) in [5, 5.41) is 0. The molecule has 0 aromatic carbocycles. The van der Waals surface area contributed by atoms with Crippen LogP contribution in [-0.4, -0.2) is 23.1 Å². The van der Waals surface area contributed by atoms with Crippen molar-refractivity contribution in [1.29, 1.82) is 0 Å². The van der Waals surface area contributed by atoms with E-state index in [1.165, 1.54) is 0 Å². The Morgan fingerprint density at radius 1 is 0.600 bits per heavy atom. The van der Waals surface area contributed by atoms with Crippen LogP contribution in [0.25, 0.3) is 0 Å². The van der Waals surface area contributed by atoms with Gasteiger partial charge in [-0.3, -0.25) is 0 Å². The molecule has 0 saturated carbocycles. The van der Waals surface area contributed by atoms with E-state index in [2.05, 4.69) is 69.2 Å². The molecule has 0 aromatic heterocycles. The predicted octanol–water partition coefficient (Wildman–Crippen LogP) is 5.96. The van der Waals surface area contributed by atoms with Crippen LogP contribution in [0.15, 0.2) is 0 Å². The first-order chi connectivity index (χ1) is 8.84. The highest BCUT2D eigenvalue weighted by Gasteiger charge is 2.32. The second kappa shape index (κ2) is 8.30. The number of hydrogen-bond acceptors (Lipinski definition) is 4. The van der Waals surface area contributed by atoms with Crippen molar-refractivity contribution in [3.63, 3.8) is 0 Å². The van der Waals surface area contributed by atoms with Crippen LogP contribution in [0.2, 0.25) is 0 Å². The normalized spacial score (nSPS) is 16.8. The largest absolute Gasteiger partial charge is 0.364 e. The Morgan fingerprint density at radius 3 is 1.00 bits per heavy atom. The van der Waals surface area contributed by atoms with Crippen LogP contribution in [0.3, 0.4) is 0 Å². The Bertz CT molecular complexity index is 237. The van der Waals surface area contributed by atoms with E-state index in [4.69, 9.17) is 9.47 Å². The predicted molar refractivity (Wildman–Crippen MR) is 94.1 cm³/mol. The van der Waals surface area contributed by atoms with Crippen LogP contribution < -0.4 is 0 Å². The van der Waals surface area contributed by atoms with Gasteiger partial charge in [-0.15, -0.1) is 0 Å². The summed E-state index contributed by atoms with van der Waals surface area (Å²) in [6.07, 6.45) is 0.484. The molecule has 0 aliphatic rings. The molecule has 0 spiro atoms. The molecule has 0 aliphatic heterocycles. The Hall–Kier alpha value is 0.620. The number of rotatable bonds is 7. The Labute approximate surface area is 134 Å². The third kappa shape index (κ3) is 8.81. The van der Waals surface area contributed by atoms with E-state index in [9.17, 15) is 0 Å². The van der Waals surface area contributed by atoms with Gasteiger partial charge in [0, 0.05) is 0 Å². The molecule has 0 aromatic rings. The van der Waals surface area contributed by atoms with Crippen LogP contribution in [0.1, 0.15) is 69.2 Å². The van der Waals surface area contributed by atoms with Crippen molar-refractivity contribution < 1.29 is 9.47 Å². The van der Waals surface area contributed by atoms with E-state index >= 15 is 0 Å². The van der Waals surface area contributed by atoms with E-state index in [-0.39, 0.29) is 33.9 Å². The first-order valence-corrected chi connectivity index (χ1v) is 9.74. The first kappa shape index (κ1) is 20.6. The van der Waals surface area contributed by atoms with Crippen molar-refractivity contribution >= 4 is 21.6 Å². The summed E-state index contributed by atoms with van der Waals surface area (Å²) < 4.78 is 12.1. The topological polar surface area (TPSA) is 18.5 Å². The molecular weight excluding hydrogens is 288 g/mol. The van der Waals surface area contributed by atoms with Crippen molar-refractivity contribution in [2.75, 3.05) is 0 Å². The number of hydrogen-bond donors (Lipinski definition) is 0. The molecule has 0 rings (SSSR count). The van der Waals surface area contributed by atoms with Crippen LogP contribution in [-0.2, 0) is 9.47 Å². The molecule has 0 N–H and O–H groups in total. The minimum Gasteiger partial charge on any atom is -0.364 e. The summed E-state index contributed by atoms with van der Waals surface area (Å²) in [6.45, 7) is 21.7. The van der Waals surface area contributed by atoms with Crippen molar-refractivity contribution in [3.05, 3.63) is 0 Å². The Balaban J connectivity index is 4.70. The average molecular weight is 323 g/mol. The zero-order valence-corrected chi connectivity index (χ0v) is 16.6. The van der Waals surface area contributed by atoms with Gasteiger partial charge in [-0.25, -0.2) is 0 Å². The molecule has 0 radical (unpaired) electrons. The molecule has 0 amide bonds. The lowest BCUT2D eigenvalue weighted by Crippen LogP contribution is -2.31. The fraction of sp³-hybridized carbons (Fsp3) is 1.00. The van der Waals surface area contributed by atoms with Gasteiger partial charge in [0.1, 0.15) is 10.9 Å². The second-order valence-electron chi connectivity index (χ2n) is 7.96. The third-order valence-electron chi connectivity index (χ3n) is 2.44. The molecule has 0 saturated heterocycles. The quantitative estimate of drug-likeness (QED) is 0.425. The molecule has 20 heavy (non-hydrogen) atoms. The van der Waals surface area contributed by atoms with Gasteiger partial charge in [0.2, 0.25) is 0 Å². The summed E-state index contributed by atoms with van der Waals surface area (Å²) in [6, 6.07) is 0. The van der Waals surface area contributed by atoms with Gasteiger partial charge in [-0.1, -0.05) is 63.1 Å². The van der Waals surface area contributed by atoms with E-state index in [0.717, 1.165) is 0 Å². The van der Waals surface area contributed by atoms with Gasteiger partial charge < -0.3 is 9.47 Å². The lowest BCUT2D eigenvalue weighted by molar-refractivity contribution is 0.00195. The molecule has 0 aliphatic carbocycles. The fourth-order valence-electron chi connectivity index (χ4n) is 1.34. The minimum atomic E-state index is 0.113. The van der Waals surface area contributed by atoms with Crippen LogP contribution in [0.4, 0.5) is 0 Å². The second-order valence-corrected chi connectivity index (χ2v) is 10.4. The maximum absolute atomic E-state index is 6.07. The fourth-order valence-corrected chi connectivity index (χ4v) is 5.26. The summed E-state index contributed by atoms with van der Waals surface area (Å²) in [5.41, 5.74) is 0.547. The molecule has 122 valence electrons. The Kier molecular flexibility index (Phi) is 8.56. The molecule has 2 atom stereocenters. The highest BCUT2D eigenvalue weighted by atomic mass is 33.1. The molecule has 4 heteroatoms. The van der Waals surface area contributed by atoms with Gasteiger partial charge in [0.15, 0.2) is 0 Å². The maximum atomic E-state index is 6.07. The van der Waals surface area contributed by atoms with Gasteiger partial charge in [-0.2, -0.15) is 0 Å². The SMILES string of the molecule is CC(C)OC(SSC(OC(C)C)C(C)(C)C)C(C)(C)C. The minimum absolute atomic E-state index is 0.113. The molecule has 2 unspecified atom stereocenters. The third-order valence-corrected chi connectivity index (χ3v) is 5.92. The Morgan fingerprint density at radius 2 is 0.850 bits per heavy atom. The summed E-state index contributed by atoms with van der Waals surface area (Å²) in [7, 11) is 3.61. The van der Waals surface area contributed by atoms with E-state index < -0.39 is 0 Å². The summed E-state index contributed by atoms with van der Waals surface area (Å²) in [4.78, 5) is 0. The molecule has 0 heterocycles. The molecule has 0 fully saturated rings. The van der Waals surface area contributed by atoms with E-state index in [1.54, 1.807) is 21.6 Å². The molecular formula is C16H34O2S2. The highest BCUT2D eigenvalue weighted by molar-refractivity contribution is 8.77. The van der Waals surface area contributed by atoms with E-state index in [0.29, 0.717) is 0 Å². The smallest absolute Gasteiger partial charge is 0.118 e. The number of ether oxygens (including phenoxy) is 2. The standard InChI is InChI=1S/C16H34O2S2/c1-11(2)17-13(15(5,6)7)19-20-14(16(8,9)10)18-12(3)4/h11-14H,1-10H3. The zero-order valence-electron chi connectivity index (χ0n) is 14.9. The molecule has 2 nitrogen and oxygen atoms in total. The van der Waals surface area contributed by atoms with Crippen molar-refractivity contribution in [2.45, 2.75) is 92.3 Å². The van der Waals surface area contributed by atoms with Crippen molar-refractivity contribution in [3.8, 4) is 0 Å². The molecule has 0 bridgehead atoms. The van der Waals surface area contributed by atoms with Gasteiger partial charge in [0.05, 0.1) is 12.2 Å². The lowest BCUT2D eigenvalue weighted by Gasteiger charge is -2.35. The lowest BCUT2D eigenvalue weighted by atomic mass is 9.98. The first-order valence-electron chi connectivity index (χ1n) is 7.47. The van der Waals surface area contributed by atoms with Gasteiger partial charge in [0.25, 0.3) is 0 Å². The summed E-state index contributed by atoms with van der Waals surface area (Å²) >= 11 is 0. The van der Waals surface area contributed by atoms with E-state index in [1.807, 2.05) is 0 Å². The maximum Gasteiger partial charge on any atom is 0.118 e.